The van der Waals surface area contributed by atoms with Crippen LogP contribution in [-0.4, -0.2) is 163 Å². The maximum Gasteiger partial charge on any atom is 0.326 e. The highest BCUT2D eigenvalue weighted by molar-refractivity contribution is 5.97. The van der Waals surface area contributed by atoms with E-state index in [9.17, 15) is 63.0 Å². The number of nitrogens with zero attached hydrogens (tertiary/aromatic N) is 2. The minimum Gasteiger partial charge on any atom is -0.480 e. The third-order valence-electron chi connectivity index (χ3n) is 10.6. The number of aliphatic hydroxyl groups excluding tert-OH is 1. The van der Waals surface area contributed by atoms with Gasteiger partial charge in [0.15, 0.2) is 0 Å². The van der Waals surface area contributed by atoms with Gasteiger partial charge in [0.1, 0.15) is 42.3 Å². The van der Waals surface area contributed by atoms with Gasteiger partial charge in [-0.05, 0) is 43.9 Å². The van der Waals surface area contributed by atoms with Crippen LogP contribution in [0.25, 0.3) is 0 Å². The van der Waals surface area contributed by atoms with E-state index in [1.54, 1.807) is 27.7 Å². The van der Waals surface area contributed by atoms with Crippen LogP contribution in [0, 0.1) is 17.8 Å². The third kappa shape index (κ3) is 22.1. The number of rotatable bonds is 32. The quantitative estimate of drug-likeness (QED) is 0.0326. The first-order valence-corrected chi connectivity index (χ1v) is 23.3. The summed E-state index contributed by atoms with van der Waals surface area (Å²) in [5.74, 6) is -10.5. The number of primary amides is 1. The summed E-state index contributed by atoms with van der Waals surface area (Å²) >= 11 is 0. The van der Waals surface area contributed by atoms with Gasteiger partial charge < -0.3 is 79.5 Å². The van der Waals surface area contributed by atoms with E-state index < -0.39 is 145 Å². The third-order valence-corrected chi connectivity index (χ3v) is 10.6. The maximum atomic E-state index is 13.9. The molecule has 2 aromatic heterocycles. The molecule has 2 heterocycles. The van der Waals surface area contributed by atoms with Crippen LogP contribution < -0.4 is 59.3 Å². The Morgan fingerprint density at radius 1 is 0.569 bits per heavy atom. The standard InChI is InChI=1S/C44H71N15O13/c1-21(2)10-27(45)38(65)53-24(7)37(64)58-32(18-60)43(70)55-29(11-22(3)4)42(69)57-31(13-26-15-48-20-52-26)40(67)49-16-34(62)54-28(8-9-33(46)61)41(68)56-30(12-25-14-47-19-51-25)39(66)50-17-35(63)59-36(23(5)6)44(71)72/h14-15,19-24,27-32,36,60H,8-13,16-18,45H2,1-7H3,(H2,46,61)(H,47,51)(H,48,52)(H,49,67)(H,50,66)(H,53,65)(H,54,62)(H,55,70)(H,56,68)(H,57,69)(H,58,64)(H,59,63)(H,71,72)/t24-,27-,28-,29-,30-,31-,32-,36-/m0/s1. The summed E-state index contributed by atoms with van der Waals surface area (Å²) < 4.78 is 0. The first-order chi connectivity index (χ1) is 33.8. The zero-order valence-corrected chi connectivity index (χ0v) is 41.5. The second-order valence-electron chi connectivity index (χ2n) is 18.3. The molecule has 0 fully saturated rings. The molecule has 0 bridgehead atoms. The van der Waals surface area contributed by atoms with Gasteiger partial charge in [-0.25, -0.2) is 14.8 Å². The van der Waals surface area contributed by atoms with Crippen LogP contribution in [0.4, 0.5) is 0 Å². The van der Waals surface area contributed by atoms with Gasteiger partial charge in [-0.3, -0.25) is 47.9 Å². The molecule has 8 atom stereocenters. The molecule has 0 radical (unpaired) electrons. The normalized spacial score (nSPS) is 14.5. The fourth-order valence-corrected chi connectivity index (χ4v) is 6.78. The monoisotopic (exact) mass is 1020 g/mol. The van der Waals surface area contributed by atoms with E-state index in [1.807, 2.05) is 13.8 Å². The van der Waals surface area contributed by atoms with Crippen molar-refractivity contribution in [2.24, 2.45) is 29.2 Å². The largest absolute Gasteiger partial charge is 0.480 e. The predicted molar refractivity (Wildman–Crippen MR) is 255 cm³/mol. The number of carboxylic acids is 1. The molecular formula is C44H71N15O13. The second-order valence-corrected chi connectivity index (χ2v) is 18.3. The Hall–Kier alpha value is -7.49. The topological polar surface area (TPSA) is 446 Å². The zero-order valence-electron chi connectivity index (χ0n) is 41.5. The first kappa shape index (κ1) is 60.6. The van der Waals surface area contributed by atoms with Crippen molar-refractivity contribution in [3.8, 4) is 0 Å². The van der Waals surface area contributed by atoms with Crippen molar-refractivity contribution in [2.45, 2.75) is 135 Å². The lowest BCUT2D eigenvalue weighted by Gasteiger charge is -2.26. The van der Waals surface area contributed by atoms with Crippen molar-refractivity contribution < 1.29 is 63.0 Å². The molecule has 0 aromatic carbocycles. The van der Waals surface area contributed by atoms with Gasteiger partial charge in [0, 0.05) is 43.0 Å². The molecular weight excluding hydrogens is 947 g/mol. The van der Waals surface area contributed by atoms with E-state index in [2.05, 4.69) is 67.8 Å². The van der Waals surface area contributed by atoms with Gasteiger partial charge in [-0.1, -0.05) is 41.5 Å². The number of nitrogens with one attached hydrogen (secondary N) is 11. The highest BCUT2D eigenvalue weighted by atomic mass is 16.4. The summed E-state index contributed by atoms with van der Waals surface area (Å²) in [5, 5.41) is 41.2. The molecule has 28 heteroatoms. The van der Waals surface area contributed by atoms with Crippen LogP contribution in [0.2, 0.25) is 0 Å². The van der Waals surface area contributed by atoms with Crippen molar-refractivity contribution in [3.05, 3.63) is 36.4 Å². The van der Waals surface area contributed by atoms with E-state index in [1.165, 1.54) is 32.0 Å². The summed E-state index contributed by atoms with van der Waals surface area (Å²) in [4.78, 5) is 156. The highest BCUT2D eigenvalue weighted by Gasteiger charge is 2.33. The van der Waals surface area contributed by atoms with Gasteiger partial charge in [-0.2, -0.15) is 0 Å². The molecule has 17 N–H and O–H groups in total. The van der Waals surface area contributed by atoms with Crippen molar-refractivity contribution >= 4 is 65.0 Å². The van der Waals surface area contributed by atoms with E-state index in [0.29, 0.717) is 17.8 Å². The van der Waals surface area contributed by atoms with Crippen LogP contribution in [0.1, 0.15) is 85.5 Å². The molecule has 400 valence electrons. The number of aromatic nitrogens is 4. The average molecular weight is 1020 g/mol. The number of H-pyrrole nitrogens is 2. The van der Waals surface area contributed by atoms with Crippen molar-refractivity contribution in [1.82, 2.24) is 67.8 Å². The van der Waals surface area contributed by atoms with E-state index in [4.69, 9.17) is 11.5 Å². The molecule has 72 heavy (non-hydrogen) atoms. The predicted octanol–water partition coefficient (Wildman–Crippen LogP) is -5.02. The number of hydrogen-bond donors (Lipinski definition) is 15. The Morgan fingerprint density at radius 2 is 1.03 bits per heavy atom. The Morgan fingerprint density at radius 3 is 1.46 bits per heavy atom. The van der Waals surface area contributed by atoms with Crippen molar-refractivity contribution in [2.75, 3.05) is 19.7 Å². The number of hydrogen-bond acceptors (Lipinski definition) is 15. The molecule has 0 aliphatic carbocycles. The molecule has 28 nitrogen and oxygen atoms in total. The summed E-state index contributed by atoms with van der Waals surface area (Å²) in [6.45, 7) is 9.41. The SMILES string of the molecule is CC(C)C[C@H](NC(=O)[C@H](CO)NC(=O)[C@H](C)NC(=O)[C@@H](N)CC(C)C)C(=O)N[C@@H](Cc1cnc[nH]1)C(=O)NCC(=O)N[C@@H](CCC(N)=O)C(=O)N[C@@H](Cc1cnc[nH]1)C(=O)NCC(=O)N[C@H](C(=O)O)C(C)C. The van der Waals surface area contributed by atoms with Gasteiger partial charge in [0.2, 0.25) is 59.1 Å². The molecule has 0 aliphatic heterocycles. The number of carboxylic acid groups (broad SMARTS) is 1. The molecule has 0 aliphatic rings. The minimum absolute atomic E-state index is 0.0185. The lowest BCUT2D eigenvalue weighted by Crippen LogP contribution is -2.60. The fourth-order valence-electron chi connectivity index (χ4n) is 6.78. The molecule has 2 aromatic rings. The van der Waals surface area contributed by atoms with E-state index >= 15 is 0 Å². The number of carbonyl (C=O) groups is 11. The summed E-state index contributed by atoms with van der Waals surface area (Å²) in [6, 6.07) is -10.5. The summed E-state index contributed by atoms with van der Waals surface area (Å²) in [6.07, 6.45) is 4.57. The molecule has 0 spiro atoms. The van der Waals surface area contributed by atoms with E-state index in [-0.39, 0.29) is 37.5 Å². The molecule has 2 rings (SSSR count). The number of carbonyl (C=O) groups excluding carboxylic acids is 10. The number of amides is 10. The van der Waals surface area contributed by atoms with Crippen LogP contribution in [0.3, 0.4) is 0 Å². The smallest absolute Gasteiger partial charge is 0.326 e. The van der Waals surface area contributed by atoms with Crippen LogP contribution >= 0.6 is 0 Å². The summed E-state index contributed by atoms with van der Waals surface area (Å²) in [7, 11) is 0. The molecule has 0 saturated heterocycles. The first-order valence-electron chi connectivity index (χ1n) is 23.3. The van der Waals surface area contributed by atoms with Crippen molar-refractivity contribution in [3.63, 3.8) is 0 Å². The average Bonchev–Trinajstić information content (AvgIpc) is 4.03. The minimum atomic E-state index is -1.57. The molecule has 0 unspecified atom stereocenters. The van der Waals surface area contributed by atoms with Gasteiger partial charge in [0.05, 0.1) is 38.4 Å². The zero-order chi connectivity index (χ0) is 54.2. The lowest BCUT2D eigenvalue weighted by molar-refractivity contribution is -0.143. The van der Waals surface area contributed by atoms with Crippen molar-refractivity contribution in [1.29, 1.82) is 0 Å². The number of nitrogens with two attached hydrogens (primary N) is 2. The van der Waals surface area contributed by atoms with Gasteiger partial charge >= 0.3 is 5.97 Å². The van der Waals surface area contributed by atoms with Crippen LogP contribution in [0.15, 0.2) is 25.0 Å². The lowest BCUT2D eigenvalue weighted by atomic mass is 10.0. The van der Waals surface area contributed by atoms with Gasteiger partial charge in [-0.15, -0.1) is 0 Å². The Labute approximate surface area is 415 Å². The Bertz CT molecular complexity index is 2150. The molecule has 0 saturated carbocycles. The van der Waals surface area contributed by atoms with Crippen LogP contribution in [0.5, 0.6) is 0 Å². The number of aliphatic hydroxyl groups is 1. The maximum absolute atomic E-state index is 13.9. The Balaban J connectivity index is 2.22. The number of aromatic amines is 2. The number of aliphatic carboxylic acids is 1. The second kappa shape index (κ2) is 30.3. The number of imidazole rings is 2. The van der Waals surface area contributed by atoms with Gasteiger partial charge in [0.25, 0.3) is 0 Å². The Kier molecular flexibility index (Phi) is 25.5. The molecule has 10 amide bonds. The fraction of sp³-hybridized carbons (Fsp3) is 0.614. The highest BCUT2D eigenvalue weighted by Crippen LogP contribution is 2.09. The van der Waals surface area contributed by atoms with Crippen LogP contribution in [-0.2, 0) is 65.6 Å². The van der Waals surface area contributed by atoms with E-state index in [0.717, 1.165) is 0 Å². The summed E-state index contributed by atoms with van der Waals surface area (Å²) in [5.41, 5.74) is 12.0.